The maximum atomic E-state index is 13.4. The lowest BCUT2D eigenvalue weighted by Gasteiger charge is -2.29. The molecule has 4 aromatic rings. The Morgan fingerprint density at radius 2 is 1.69 bits per heavy atom. The Bertz CT molecular complexity index is 1270. The molecule has 0 saturated heterocycles. The summed E-state index contributed by atoms with van der Waals surface area (Å²) in [5, 5.41) is 3.59. The zero-order valence-corrected chi connectivity index (χ0v) is 18.2. The molecule has 0 saturated carbocycles. The number of nitrogens with zero attached hydrogens (tertiary/aromatic N) is 2. The summed E-state index contributed by atoms with van der Waals surface area (Å²) in [5.41, 5.74) is 3.21. The van der Waals surface area contributed by atoms with Crippen molar-refractivity contribution in [1.29, 1.82) is 0 Å². The molecular formula is C26H26N4O2. The van der Waals surface area contributed by atoms with Crippen LogP contribution in [-0.2, 0) is 11.3 Å². The van der Waals surface area contributed by atoms with Crippen LogP contribution in [0.1, 0.15) is 29.9 Å². The number of anilines is 1. The van der Waals surface area contributed by atoms with Gasteiger partial charge in [0.15, 0.2) is 0 Å². The second kappa shape index (κ2) is 9.58. The maximum absolute atomic E-state index is 13.4. The molecule has 32 heavy (non-hydrogen) atoms. The molecule has 3 aromatic carbocycles. The molecule has 0 radical (unpaired) electrons. The van der Waals surface area contributed by atoms with E-state index in [-0.39, 0.29) is 11.5 Å². The Balaban J connectivity index is 1.66. The van der Waals surface area contributed by atoms with E-state index in [1.807, 2.05) is 91.5 Å². The van der Waals surface area contributed by atoms with Gasteiger partial charge >= 0.3 is 0 Å². The first kappa shape index (κ1) is 21.5. The fourth-order valence-corrected chi connectivity index (χ4v) is 3.80. The van der Waals surface area contributed by atoms with Gasteiger partial charge in [-0.2, -0.15) is 0 Å². The van der Waals surface area contributed by atoms with Gasteiger partial charge in [0.2, 0.25) is 5.91 Å². The summed E-state index contributed by atoms with van der Waals surface area (Å²) in [6, 6.07) is 24.1. The summed E-state index contributed by atoms with van der Waals surface area (Å²) in [5.74, 6) is 0.393. The number of hydrogen-bond donors (Lipinski definition) is 2. The highest BCUT2D eigenvalue weighted by atomic mass is 16.2. The Kier molecular flexibility index (Phi) is 6.42. The number of rotatable bonds is 7. The van der Waals surface area contributed by atoms with E-state index in [1.54, 1.807) is 6.07 Å². The van der Waals surface area contributed by atoms with E-state index in [2.05, 4.69) is 15.3 Å². The van der Waals surface area contributed by atoms with Gasteiger partial charge in [-0.1, -0.05) is 67.1 Å². The number of nitrogens with one attached hydrogen (secondary N) is 2. The first-order valence-corrected chi connectivity index (χ1v) is 10.7. The summed E-state index contributed by atoms with van der Waals surface area (Å²) in [4.78, 5) is 35.4. The number of carbonyl (C=O) groups excluding carboxylic acids is 1. The number of aryl methyl sites for hydroxylation is 1. The van der Waals surface area contributed by atoms with Gasteiger partial charge in [0, 0.05) is 5.69 Å². The molecule has 0 aliphatic heterocycles. The van der Waals surface area contributed by atoms with E-state index in [9.17, 15) is 9.59 Å². The molecule has 0 aliphatic carbocycles. The molecule has 1 atom stereocenters. The van der Waals surface area contributed by atoms with Crippen LogP contribution in [0.25, 0.3) is 10.9 Å². The minimum absolute atomic E-state index is 0.134. The van der Waals surface area contributed by atoms with Gasteiger partial charge in [0.1, 0.15) is 11.9 Å². The summed E-state index contributed by atoms with van der Waals surface area (Å²) in [7, 11) is 0. The third kappa shape index (κ3) is 4.76. The summed E-state index contributed by atoms with van der Waals surface area (Å²) < 4.78 is 0. The summed E-state index contributed by atoms with van der Waals surface area (Å²) >= 11 is 0. The van der Waals surface area contributed by atoms with E-state index in [4.69, 9.17) is 0 Å². The van der Waals surface area contributed by atoms with Crippen LogP contribution in [0.4, 0.5) is 5.69 Å². The first-order valence-electron chi connectivity index (χ1n) is 10.7. The normalized spacial score (nSPS) is 12.1. The molecule has 1 unspecified atom stereocenters. The fourth-order valence-electron chi connectivity index (χ4n) is 3.80. The van der Waals surface area contributed by atoms with Gasteiger partial charge in [-0.15, -0.1) is 0 Å². The van der Waals surface area contributed by atoms with Gasteiger partial charge < -0.3 is 10.3 Å². The number of fused-ring (bicyclic) bond motifs is 1. The minimum atomic E-state index is -0.542. The number of hydrogen-bond acceptors (Lipinski definition) is 4. The number of H-pyrrole nitrogens is 1. The van der Waals surface area contributed by atoms with E-state index >= 15 is 0 Å². The van der Waals surface area contributed by atoms with Crippen LogP contribution in [0.2, 0.25) is 0 Å². The minimum Gasteiger partial charge on any atom is -0.324 e. The zero-order chi connectivity index (χ0) is 22.5. The van der Waals surface area contributed by atoms with Crippen molar-refractivity contribution in [2.24, 2.45) is 0 Å². The molecule has 0 bridgehead atoms. The van der Waals surface area contributed by atoms with E-state index in [1.165, 1.54) is 0 Å². The average molecular weight is 427 g/mol. The Hall–Kier alpha value is -3.77. The lowest BCUT2D eigenvalue weighted by Crippen LogP contribution is -2.37. The van der Waals surface area contributed by atoms with Crippen LogP contribution in [0.15, 0.2) is 83.7 Å². The molecule has 2 N–H and O–H groups in total. The lowest BCUT2D eigenvalue weighted by molar-refractivity contribution is -0.121. The molecule has 1 aromatic heterocycles. The molecular weight excluding hydrogens is 400 g/mol. The zero-order valence-electron chi connectivity index (χ0n) is 18.2. The van der Waals surface area contributed by atoms with Crippen molar-refractivity contribution in [2.45, 2.75) is 26.4 Å². The number of para-hydroxylation sites is 1. The van der Waals surface area contributed by atoms with Gasteiger partial charge in [-0.05, 0) is 43.3 Å². The predicted octanol–water partition coefficient (Wildman–Crippen LogP) is 4.43. The van der Waals surface area contributed by atoms with Gasteiger partial charge in [0.25, 0.3) is 5.56 Å². The summed E-state index contributed by atoms with van der Waals surface area (Å²) in [6.45, 7) is 4.93. The van der Waals surface area contributed by atoms with Crippen LogP contribution < -0.4 is 10.9 Å². The summed E-state index contributed by atoms with van der Waals surface area (Å²) in [6.07, 6.45) is 0. The van der Waals surface area contributed by atoms with Gasteiger partial charge in [0.05, 0.1) is 17.4 Å². The molecule has 1 amide bonds. The highest BCUT2D eigenvalue weighted by molar-refractivity contribution is 5.95. The second-order valence-corrected chi connectivity index (χ2v) is 7.76. The van der Waals surface area contributed by atoms with Gasteiger partial charge in [-0.3, -0.25) is 14.5 Å². The molecule has 1 heterocycles. The van der Waals surface area contributed by atoms with Crippen molar-refractivity contribution in [3.63, 3.8) is 0 Å². The smallest absolute Gasteiger partial charge is 0.258 e. The quantitative estimate of drug-likeness (QED) is 0.458. The molecule has 4 rings (SSSR count). The second-order valence-electron chi connectivity index (χ2n) is 7.76. The topological polar surface area (TPSA) is 78.1 Å². The molecule has 0 aliphatic rings. The van der Waals surface area contributed by atoms with Crippen LogP contribution in [0, 0.1) is 6.92 Å². The monoisotopic (exact) mass is 426 g/mol. The number of carbonyl (C=O) groups is 1. The van der Waals surface area contributed by atoms with Crippen molar-refractivity contribution in [1.82, 2.24) is 14.9 Å². The van der Waals surface area contributed by atoms with E-state index in [0.717, 1.165) is 16.8 Å². The molecule has 0 fully saturated rings. The molecule has 0 spiro atoms. The lowest BCUT2D eigenvalue weighted by atomic mass is 10.0. The van der Waals surface area contributed by atoms with Crippen LogP contribution in [0.3, 0.4) is 0 Å². The van der Waals surface area contributed by atoms with Crippen molar-refractivity contribution < 1.29 is 4.79 Å². The van der Waals surface area contributed by atoms with Gasteiger partial charge in [-0.25, -0.2) is 4.98 Å². The number of aromatic nitrogens is 2. The maximum Gasteiger partial charge on any atom is 0.258 e. The highest BCUT2D eigenvalue weighted by Crippen LogP contribution is 2.24. The Morgan fingerprint density at radius 1 is 1.00 bits per heavy atom. The first-order chi connectivity index (χ1) is 15.5. The molecule has 6 heteroatoms. The third-order valence-electron chi connectivity index (χ3n) is 5.47. The highest BCUT2D eigenvalue weighted by Gasteiger charge is 2.27. The number of likely N-dealkylation sites (N-methyl/N-ethyl adjacent to an activating group) is 1. The fraction of sp³-hybridized carbons (Fsp3) is 0.192. The number of benzene rings is 3. The van der Waals surface area contributed by atoms with E-state index < -0.39 is 6.04 Å². The van der Waals surface area contributed by atoms with Crippen molar-refractivity contribution in [3.05, 3.63) is 106 Å². The molecule has 162 valence electrons. The Labute approximate surface area is 186 Å². The number of amides is 1. The van der Waals surface area contributed by atoms with Crippen molar-refractivity contribution >= 4 is 22.5 Å². The Morgan fingerprint density at radius 3 is 2.41 bits per heavy atom. The van der Waals surface area contributed by atoms with E-state index in [0.29, 0.717) is 29.8 Å². The standard InChI is InChI=1S/C26H26N4O2/c1-3-30(17-23-28-22-12-8-7-11-21(22)25(31)29-23)24(19-9-5-4-6-10-19)26(32)27-20-15-13-18(2)14-16-20/h4-16,24H,3,17H2,1-2H3,(H,27,32)(H,28,29,31). The van der Waals surface area contributed by atoms with Crippen molar-refractivity contribution in [3.8, 4) is 0 Å². The third-order valence-corrected chi connectivity index (χ3v) is 5.47. The largest absolute Gasteiger partial charge is 0.324 e. The molecule has 6 nitrogen and oxygen atoms in total. The number of aromatic amines is 1. The van der Waals surface area contributed by atoms with Crippen LogP contribution >= 0.6 is 0 Å². The average Bonchev–Trinajstić information content (AvgIpc) is 2.81. The SMILES string of the molecule is CCN(Cc1nc2ccccc2c(=O)[nH]1)C(C(=O)Nc1ccc(C)cc1)c1ccccc1. The van der Waals surface area contributed by atoms with Crippen LogP contribution in [-0.4, -0.2) is 27.3 Å². The van der Waals surface area contributed by atoms with Crippen LogP contribution in [0.5, 0.6) is 0 Å². The van der Waals surface area contributed by atoms with Crippen molar-refractivity contribution in [2.75, 3.05) is 11.9 Å². The predicted molar refractivity (Wildman–Crippen MR) is 127 cm³/mol.